The molecular weight excluding hydrogens is 509 g/mol. The van der Waals surface area contributed by atoms with Crippen LogP contribution in [-0.4, -0.2) is 72.8 Å². The van der Waals surface area contributed by atoms with Crippen LogP contribution in [0.2, 0.25) is 0 Å². The van der Waals surface area contributed by atoms with Crippen LogP contribution in [0.15, 0.2) is 48.8 Å². The number of pyridine rings is 1. The topological polar surface area (TPSA) is 95.0 Å². The highest BCUT2D eigenvalue weighted by Crippen LogP contribution is 2.28. The molecule has 12 heteroatoms. The monoisotopic (exact) mass is 540 g/mol. The van der Waals surface area contributed by atoms with E-state index in [1.807, 2.05) is 41.9 Å². The second-order valence-corrected chi connectivity index (χ2v) is 10.1. The molecule has 1 aliphatic rings. The third-order valence-corrected chi connectivity index (χ3v) is 7.02. The number of alkyl halides is 3. The quantitative estimate of drug-likeness (QED) is 0.330. The summed E-state index contributed by atoms with van der Waals surface area (Å²) in [6.45, 7) is 7.76. The van der Waals surface area contributed by atoms with Crippen molar-refractivity contribution in [2.24, 2.45) is 0 Å². The minimum absolute atomic E-state index is 0.00235. The van der Waals surface area contributed by atoms with Gasteiger partial charge in [-0.25, -0.2) is 9.97 Å². The summed E-state index contributed by atoms with van der Waals surface area (Å²) in [7, 11) is 0. The van der Waals surface area contributed by atoms with Crippen molar-refractivity contribution in [3.8, 4) is 11.3 Å². The van der Waals surface area contributed by atoms with Crippen LogP contribution in [0, 0.1) is 0 Å². The second-order valence-electron chi connectivity index (χ2n) is 10.1. The minimum Gasteiger partial charge on any atom is -0.340 e. The first-order valence-electron chi connectivity index (χ1n) is 12.9. The van der Waals surface area contributed by atoms with E-state index in [1.54, 1.807) is 12.4 Å². The number of fused-ring (bicyclic) bond motifs is 1. The number of hydrogen-bond acceptors (Lipinski definition) is 6. The van der Waals surface area contributed by atoms with Crippen molar-refractivity contribution in [1.29, 1.82) is 0 Å². The molecule has 1 saturated heterocycles. The van der Waals surface area contributed by atoms with Crippen LogP contribution in [0.5, 0.6) is 0 Å². The van der Waals surface area contributed by atoms with Crippen LogP contribution in [0.25, 0.3) is 22.3 Å². The number of rotatable bonds is 7. The summed E-state index contributed by atoms with van der Waals surface area (Å²) in [5.74, 6) is 0.317. The molecule has 0 bridgehead atoms. The van der Waals surface area contributed by atoms with E-state index in [2.05, 4.69) is 50.2 Å². The highest BCUT2D eigenvalue weighted by atomic mass is 19.4. The third kappa shape index (κ3) is 6.06. The molecule has 3 aromatic heterocycles. The van der Waals surface area contributed by atoms with E-state index < -0.39 is 18.5 Å². The number of amides is 1. The number of anilines is 2. The Bertz CT molecular complexity index is 1450. The van der Waals surface area contributed by atoms with Crippen molar-refractivity contribution in [2.75, 3.05) is 31.5 Å². The van der Waals surface area contributed by atoms with Crippen molar-refractivity contribution in [3.63, 3.8) is 0 Å². The van der Waals surface area contributed by atoms with E-state index in [0.717, 1.165) is 27.9 Å². The highest BCUT2D eigenvalue weighted by Gasteiger charge is 2.35. The Morgan fingerprint density at radius 2 is 1.82 bits per heavy atom. The molecule has 9 nitrogen and oxygen atoms in total. The number of aromatic nitrogens is 5. The number of carbonyl (C=O) groups is 1. The zero-order valence-corrected chi connectivity index (χ0v) is 22.0. The molecule has 2 N–H and O–H groups in total. The molecule has 1 amide bonds. The smallest absolute Gasteiger partial charge is 0.340 e. The number of benzene rings is 1. The first-order chi connectivity index (χ1) is 18.6. The number of aromatic amines is 1. The molecule has 5 rings (SSSR count). The van der Waals surface area contributed by atoms with Gasteiger partial charge in [-0.2, -0.15) is 18.3 Å². The molecule has 4 heterocycles. The minimum atomic E-state index is -4.48. The zero-order chi connectivity index (χ0) is 27.7. The van der Waals surface area contributed by atoms with E-state index in [1.165, 1.54) is 4.90 Å². The number of piperazine rings is 1. The molecule has 4 aromatic rings. The molecule has 0 spiro atoms. The molecule has 39 heavy (non-hydrogen) atoms. The van der Waals surface area contributed by atoms with Gasteiger partial charge in [0.1, 0.15) is 12.2 Å². The SMILES string of the molecule is CC(c1ccnc(Nc2nc3ccc(-c4ccnn4C(C)C)cc3[nH]2)c1)N1CCN(C(=O)CC(F)(F)F)CC1. The van der Waals surface area contributed by atoms with Gasteiger partial charge < -0.3 is 15.2 Å². The van der Waals surface area contributed by atoms with E-state index in [4.69, 9.17) is 0 Å². The standard InChI is InChI=1S/C27H31F3N8O/c1-17(2)38-23(7-9-32-38)20-4-5-21-22(14-20)34-26(33-21)35-24-15-19(6-8-31-24)18(3)36-10-12-37(13-11-36)25(39)16-27(28,29)30/h4-9,14-15,17-18H,10-13,16H2,1-3H3,(H2,31,33,34,35). The Labute approximate surface area is 224 Å². The lowest BCUT2D eigenvalue weighted by molar-refractivity contribution is -0.162. The number of halogens is 3. The van der Waals surface area contributed by atoms with Gasteiger partial charge in [-0.05, 0) is 56.7 Å². The number of nitrogens with one attached hydrogen (secondary N) is 2. The summed E-state index contributed by atoms with van der Waals surface area (Å²) in [4.78, 5) is 27.8. The first-order valence-corrected chi connectivity index (χ1v) is 12.9. The van der Waals surface area contributed by atoms with Gasteiger partial charge in [0, 0.05) is 56.2 Å². The predicted molar refractivity (Wildman–Crippen MR) is 142 cm³/mol. The average Bonchev–Trinajstić information content (AvgIpc) is 3.54. The maximum absolute atomic E-state index is 12.6. The summed E-state index contributed by atoms with van der Waals surface area (Å²) < 4.78 is 39.7. The lowest BCUT2D eigenvalue weighted by Crippen LogP contribution is -2.50. The van der Waals surface area contributed by atoms with E-state index >= 15 is 0 Å². The summed E-state index contributed by atoms with van der Waals surface area (Å²) in [5, 5.41) is 7.67. The van der Waals surface area contributed by atoms with Crippen molar-refractivity contribution < 1.29 is 18.0 Å². The molecule has 0 saturated carbocycles. The third-order valence-electron chi connectivity index (χ3n) is 7.02. The molecular formula is C27H31F3N8O. The summed E-state index contributed by atoms with van der Waals surface area (Å²) in [6.07, 6.45) is -2.38. The zero-order valence-electron chi connectivity index (χ0n) is 22.0. The molecule has 1 fully saturated rings. The van der Waals surface area contributed by atoms with Gasteiger partial charge in [0.15, 0.2) is 0 Å². The van der Waals surface area contributed by atoms with Gasteiger partial charge in [-0.3, -0.25) is 14.4 Å². The molecule has 1 aromatic carbocycles. The van der Waals surface area contributed by atoms with Crippen LogP contribution in [0.4, 0.5) is 24.9 Å². The number of nitrogens with zero attached hydrogens (tertiary/aromatic N) is 6. The van der Waals surface area contributed by atoms with Gasteiger partial charge in [0.2, 0.25) is 11.9 Å². The molecule has 1 aliphatic heterocycles. The summed E-state index contributed by atoms with van der Waals surface area (Å²) >= 11 is 0. The second kappa shape index (κ2) is 10.7. The lowest BCUT2D eigenvalue weighted by Gasteiger charge is -2.38. The molecule has 206 valence electrons. The van der Waals surface area contributed by atoms with Crippen LogP contribution >= 0.6 is 0 Å². The Hall–Kier alpha value is -3.93. The molecule has 1 atom stereocenters. The number of H-pyrrole nitrogens is 1. The van der Waals surface area contributed by atoms with Gasteiger partial charge >= 0.3 is 6.18 Å². The Morgan fingerprint density at radius 1 is 1.05 bits per heavy atom. The Morgan fingerprint density at radius 3 is 2.54 bits per heavy atom. The predicted octanol–water partition coefficient (Wildman–Crippen LogP) is 5.30. The molecule has 1 unspecified atom stereocenters. The molecule has 0 aliphatic carbocycles. The molecule has 0 radical (unpaired) electrons. The summed E-state index contributed by atoms with van der Waals surface area (Å²) in [5.41, 5.74) is 4.78. The van der Waals surface area contributed by atoms with Crippen molar-refractivity contribution in [3.05, 3.63) is 54.4 Å². The fraction of sp³-hybridized carbons (Fsp3) is 0.407. The van der Waals surface area contributed by atoms with E-state index in [-0.39, 0.29) is 25.2 Å². The van der Waals surface area contributed by atoms with Gasteiger partial charge in [-0.1, -0.05) is 6.07 Å². The van der Waals surface area contributed by atoms with Gasteiger partial charge in [0.05, 0.1) is 16.7 Å². The first kappa shape index (κ1) is 26.7. The van der Waals surface area contributed by atoms with E-state index in [9.17, 15) is 18.0 Å². The Kier molecular flexibility index (Phi) is 7.30. The van der Waals surface area contributed by atoms with Crippen molar-refractivity contribution >= 4 is 28.7 Å². The van der Waals surface area contributed by atoms with Crippen molar-refractivity contribution in [1.82, 2.24) is 34.5 Å². The fourth-order valence-corrected chi connectivity index (χ4v) is 4.93. The van der Waals surface area contributed by atoms with Crippen LogP contribution < -0.4 is 5.32 Å². The maximum atomic E-state index is 12.6. The van der Waals surface area contributed by atoms with E-state index in [0.29, 0.717) is 24.9 Å². The number of hydrogen-bond donors (Lipinski definition) is 2. The maximum Gasteiger partial charge on any atom is 0.397 e. The average molecular weight is 541 g/mol. The Balaban J connectivity index is 1.25. The summed E-state index contributed by atoms with van der Waals surface area (Å²) in [6, 6.07) is 12.1. The fourth-order valence-electron chi connectivity index (χ4n) is 4.93. The van der Waals surface area contributed by atoms with Crippen LogP contribution in [0.3, 0.4) is 0 Å². The van der Waals surface area contributed by atoms with Gasteiger partial charge in [-0.15, -0.1) is 0 Å². The number of carbonyl (C=O) groups excluding carboxylic acids is 1. The van der Waals surface area contributed by atoms with Gasteiger partial charge in [0.25, 0.3) is 0 Å². The number of imidazole rings is 1. The lowest BCUT2D eigenvalue weighted by atomic mass is 10.1. The van der Waals surface area contributed by atoms with Crippen molar-refractivity contribution in [2.45, 2.75) is 45.5 Å². The van der Waals surface area contributed by atoms with Crippen LogP contribution in [0.1, 0.15) is 44.8 Å². The largest absolute Gasteiger partial charge is 0.397 e. The normalized spacial score (nSPS) is 15.7. The highest BCUT2D eigenvalue weighted by molar-refractivity contribution is 5.83. The van der Waals surface area contributed by atoms with Crippen LogP contribution in [-0.2, 0) is 4.79 Å².